The summed E-state index contributed by atoms with van der Waals surface area (Å²) in [5, 5.41) is 11.1. The lowest BCUT2D eigenvalue weighted by Crippen LogP contribution is -2.20. The van der Waals surface area contributed by atoms with Gasteiger partial charge in [0.15, 0.2) is 0 Å². The molecular formula is C15H16ClNO. The maximum Gasteiger partial charge on any atom is 0.0870 e. The number of hydrogen-bond acceptors (Lipinski definition) is 2. The third-order valence-electron chi connectivity index (χ3n) is 3.07. The van der Waals surface area contributed by atoms with Crippen molar-refractivity contribution in [3.63, 3.8) is 0 Å². The maximum absolute atomic E-state index is 10.4. The highest BCUT2D eigenvalue weighted by atomic mass is 35.5. The van der Waals surface area contributed by atoms with E-state index in [1.165, 1.54) is 0 Å². The molecule has 0 aliphatic heterocycles. The molecule has 2 atom stereocenters. The van der Waals surface area contributed by atoms with E-state index in [2.05, 4.69) is 0 Å². The van der Waals surface area contributed by atoms with E-state index in [0.717, 1.165) is 11.1 Å². The van der Waals surface area contributed by atoms with Crippen molar-refractivity contribution < 1.29 is 5.11 Å². The van der Waals surface area contributed by atoms with Crippen LogP contribution >= 0.6 is 11.6 Å². The van der Waals surface area contributed by atoms with E-state index < -0.39 is 6.10 Å². The van der Waals surface area contributed by atoms with E-state index in [4.69, 9.17) is 17.3 Å². The molecule has 0 aromatic heterocycles. The van der Waals surface area contributed by atoms with Crippen molar-refractivity contribution >= 4 is 11.6 Å². The summed E-state index contributed by atoms with van der Waals surface area (Å²) in [6.45, 7) is 0.397. The molecule has 3 N–H and O–H groups in total. The Labute approximate surface area is 112 Å². The van der Waals surface area contributed by atoms with Crippen LogP contribution in [0.15, 0.2) is 54.6 Å². The Morgan fingerprint density at radius 3 is 2.11 bits per heavy atom. The molecule has 3 heteroatoms. The average molecular weight is 262 g/mol. The zero-order valence-electron chi connectivity index (χ0n) is 9.96. The zero-order valence-corrected chi connectivity index (χ0v) is 10.7. The highest BCUT2D eigenvalue weighted by molar-refractivity contribution is 6.30. The van der Waals surface area contributed by atoms with Crippen molar-refractivity contribution in [2.75, 3.05) is 6.54 Å². The molecule has 0 saturated carbocycles. The van der Waals surface area contributed by atoms with Crippen LogP contribution in [-0.2, 0) is 0 Å². The van der Waals surface area contributed by atoms with Crippen molar-refractivity contribution in [1.82, 2.24) is 0 Å². The summed E-state index contributed by atoms with van der Waals surface area (Å²) in [6.07, 6.45) is -0.616. The van der Waals surface area contributed by atoms with Gasteiger partial charge in [0, 0.05) is 17.5 Å². The number of rotatable bonds is 4. The summed E-state index contributed by atoms with van der Waals surface area (Å²) in [6, 6.07) is 17.0. The molecule has 0 amide bonds. The van der Waals surface area contributed by atoms with Crippen molar-refractivity contribution in [2.45, 2.75) is 12.0 Å². The third kappa shape index (κ3) is 2.91. The molecule has 0 fully saturated rings. The maximum atomic E-state index is 10.4. The first-order valence-corrected chi connectivity index (χ1v) is 6.28. The molecule has 0 saturated heterocycles. The quantitative estimate of drug-likeness (QED) is 0.888. The van der Waals surface area contributed by atoms with Crippen molar-refractivity contribution in [1.29, 1.82) is 0 Å². The largest absolute Gasteiger partial charge is 0.388 e. The summed E-state index contributed by atoms with van der Waals surface area (Å²) >= 11 is 5.84. The molecule has 0 spiro atoms. The van der Waals surface area contributed by atoms with E-state index in [0.29, 0.717) is 11.6 Å². The van der Waals surface area contributed by atoms with Gasteiger partial charge < -0.3 is 10.8 Å². The Hall–Kier alpha value is -1.35. The smallest absolute Gasteiger partial charge is 0.0870 e. The summed E-state index contributed by atoms with van der Waals surface area (Å²) in [4.78, 5) is 0. The second-order valence-corrected chi connectivity index (χ2v) is 4.69. The molecule has 94 valence electrons. The van der Waals surface area contributed by atoms with Gasteiger partial charge in [-0.1, -0.05) is 54.1 Å². The van der Waals surface area contributed by atoms with Gasteiger partial charge in [0.05, 0.1) is 6.10 Å². The Bertz CT molecular complexity index is 484. The molecule has 0 aliphatic carbocycles. The Morgan fingerprint density at radius 1 is 0.944 bits per heavy atom. The molecule has 2 aromatic carbocycles. The Morgan fingerprint density at radius 2 is 1.56 bits per heavy atom. The first-order valence-electron chi connectivity index (χ1n) is 5.91. The molecule has 0 bridgehead atoms. The molecule has 2 aromatic rings. The normalized spacial score (nSPS) is 14.2. The number of benzene rings is 2. The third-order valence-corrected chi connectivity index (χ3v) is 3.33. The van der Waals surface area contributed by atoms with Gasteiger partial charge in [-0.3, -0.25) is 0 Å². The van der Waals surface area contributed by atoms with Crippen LogP contribution in [0.1, 0.15) is 23.1 Å². The van der Waals surface area contributed by atoms with Crippen LogP contribution in [0.4, 0.5) is 0 Å². The van der Waals surface area contributed by atoms with Crippen LogP contribution in [-0.4, -0.2) is 11.7 Å². The van der Waals surface area contributed by atoms with Crippen LogP contribution in [0.3, 0.4) is 0 Å². The summed E-state index contributed by atoms with van der Waals surface area (Å²) in [7, 11) is 0. The summed E-state index contributed by atoms with van der Waals surface area (Å²) < 4.78 is 0. The fraction of sp³-hybridized carbons (Fsp3) is 0.200. The molecule has 18 heavy (non-hydrogen) atoms. The number of nitrogens with two attached hydrogens (primary N) is 1. The minimum absolute atomic E-state index is 0.104. The number of halogens is 1. The Kier molecular flexibility index (Phi) is 4.37. The van der Waals surface area contributed by atoms with Gasteiger partial charge in [0.1, 0.15) is 0 Å². The van der Waals surface area contributed by atoms with Gasteiger partial charge in [-0.05, 0) is 23.3 Å². The van der Waals surface area contributed by atoms with Crippen molar-refractivity contribution in [3.05, 3.63) is 70.7 Å². The van der Waals surface area contributed by atoms with Gasteiger partial charge in [-0.25, -0.2) is 0 Å². The standard InChI is InChI=1S/C15H16ClNO/c16-13-8-6-12(7-9-13)15(18)14(10-17)11-4-2-1-3-5-11/h1-9,14-15,18H,10,17H2. The highest BCUT2D eigenvalue weighted by Crippen LogP contribution is 2.30. The lowest BCUT2D eigenvalue weighted by Gasteiger charge is -2.22. The lowest BCUT2D eigenvalue weighted by molar-refractivity contribution is 0.147. The first-order chi connectivity index (χ1) is 8.72. The van der Waals surface area contributed by atoms with Gasteiger partial charge in [0.25, 0.3) is 0 Å². The molecular weight excluding hydrogens is 246 g/mol. The monoisotopic (exact) mass is 261 g/mol. The molecule has 0 radical (unpaired) electrons. The molecule has 0 aliphatic rings. The van der Waals surface area contributed by atoms with Gasteiger partial charge in [-0.2, -0.15) is 0 Å². The van der Waals surface area contributed by atoms with Crippen molar-refractivity contribution in [3.8, 4) is 0 Å². The van der Waals surface area contributed by atoms with E-state index in [-0.39, 0.29) is 5.92 Å². The van der Waals surface area contributed by atoms with Crippen LogP contribution < -0.4 is 5.73 Å². The fourth-order valence-electron chi connectivity index (χ4n) is 2.04. The number of hydrogen-bond donors (Lipinski definition) is 2. The molecule has 0 heterocycles. The summed E-state index contributed by atoms with van der Waals surface area (Å²) in [5.74, 6) is -0.104. The van der Waals surface area contributed by atoms with E-state index in [1.54, 1.807) is 12.1 Å². The van der Waals surface area contributed by atoms with Crippen LogP contribution in [0, 0.1) is 0 Å². The van der Waals surface area contributed by atoms with Crippen LogP contribution in [0.2, 0.25) is 5.02 Å². The molecule has 2 rings (SSSR count). The second-order valence-electron chi connectivity index (χ2n) is 4.25. The topological polar surface area (TPSA) is 46.2 Å². The first kappa shape index (κ1) is 13.1. The summed E-state index contributed by atoms with van der Waals surface area (Å²) in [5.41, 5.74) is 7.66. The van der Waals surface area contributed by atoms with Crippen LogP contribution in [0.25, 0.3) is 0 Å². The van der Waals surface area contributed by atoms with E-state index >= 15 is 0 Å². The van der Waals surface area contributed by atoms with Crippen molar-refractivity contribution in [2.24, 2.45) is 5.73 Å². The fourth-order valence-corrected chi connectivity index (χ4v) is 2.17. The zero-order chi connectivity index (χ0) is 13.0. The number of aliphatic hydroxyl groups is 1. The van der Waals surface area contributed by atoms with E-state index in [9.17, 15) is 5.11 Å². The van der Waals surface area contributed by atoms with Gasteiger partial charge >= 0.3 is 0 Å². The minimum atomic E-state index is -0.616. The van der Waals surface area contributed by atoms with Gasteiger partial charge in [-0.15, -0.1) is 0 Å². The SMILES string of the molecule is NCC(c1ccccc1)C(O)c1ccc(Cl)cc1. The molecule has 2 unspecified atom stereocenters. The Balaban J connectivity index is 2.25. The van der Waals surface area contributed by atoms with Crippen LogP contribution in [0.5, 0.6) is 0 Å². The number of aliphatic hydroxyl groups excluding tert-OH is 1. The van der Waals surface area contributed by atoms with Gasteiger partial charge in [0.2, 0.25) is 0 Å². The minimum Gasteiger partial charge on any atom is -0.388 e. The predicted molar refractivity (Wildman–Crippen MR) is 74.6 cm³/mol. The average Bonchev–Trinajstić information content (AvgIpc) is 2.41. The molecule has 2 nitrogen and oxygen atoms in total. The second kappa shape index (κ2) is 6.01. The predicted octanol–water partition coefficient (Wildman–Crippen LogP) is 3.12. The van der Waals surface area contributed by atoms with E-state index in [1.807, 2.05) is 42.5 Å². The highest BCUT2D eigenvalue weighted by Gasteiger charge is 2.21. The lowest BCUT2D eigenvalue weighted by atomic mass is 9.89.